The Bertz CT molecular complexity index is 404. The molecule has 0 heterocycles. The molecule has 92 valence electrons. The minimum Gasteiger partial charge on any atom is -0.392 e. The number of anilines is 1. The number of aliphatic hydroxyl groups excluding tert-OH is 1. The Kier molecular flexibility index (Phi) is 5.43. The van der Waals surface area contributed by atoms with Gasteiger partial charge in [0.25, 0.3) is 0 Å². The monoisotopic (exact) mass is 233 g/mol. The van der Waals surface area contributed by atoms with Crippen LogP contribution in [0.5, 0.6) is 0 Å². The van der Waals surface area contributed by atoms with Crippen molar-refractivity contribution in [3.63, 3.8) is 0 Å². The Labute approximate surface area is 102 Å². The number of benzene rings is 1. The van der Waals surface area contributed by atoms with Crippen molar-refractivity contribution in [2.75, 3.05) is 5.32 Å². The summed E-state index contributed by atoms with van der Waals surface area (Å²) in [6, 6.07) is 7.20. The van der Waals surface area contributed by atoms with E-state index in [0.29, 0.717) is 5.69 Å². The van der Waals surface area contributed by atoms with Crippen LogP contribution < -0.4 is 5.32 Å². The molecule has 17 heavy (non-hydrogen) atoms. The van der Waals surface area contributed by atoms with Gasteiger partial charge in [0.15, 0.2) is 0 Å². The number of carbonyl (C=O) groups excluding carboxylic acids is 1. The predicted molar refractivity (Wildman–Crippen MR) is 69.7 cm³/mol. The number of hydrogen-bond acceptors (Lipinski definition) is 2. The van der Waals surface area contributed by atoms with Crippen LogP contribution in [0.3, 0.4) is 0 Å². The fourth-order valence-electron chi connectivity index (χ4n) is 1.57. The highest BCUT2D eigenvalue weighted by molar-refractivity contribution is 5.99. The molecule has 1 amide bonds. The quantitative estimate of drug-likeness (QED) is 0.768. The molecule has 0 unspecified atom stereocenters. The molecule has 0 saturated heterocycles. The largest absolute Gasteiger partial charge is 0.392 e. The van der Waals surface area contributed by atoms with Gasteiger partial charge in [-0.2, -0.15) is 0 Å². The Balaban J connectivity index is 2.70. The first-order valence-corrected chi connectivity index (χ1v) is 5.89. The first-order chi connectivity index (χ1) is 8.19. The number of amides is 1. The first-order valence-electron chi connectivity index (χ1n) is 5.89. The second kappa shape index (κ2) is 6.86. The molecule has 0 atom stereocenters. The van der Waals surface area contributed by atoms with Crippen LogP contribution in [-0.4, -0.2) is 11.0 Å². The fraction of sp³-hybridized carbons (Fsp3) is 0.357. The van der Waals surface area contributed by atoms with E-state index in [4.69, 9.17) is 5.11 Å². The lowest BCUT2D eigenvalue weighted by atomic mass is 10.1. The van der Waals surface area contributed by atoms with E-state index in [1.807, 2.05) is 32.0 Å². The lowest BCUT2D eigenvalue weighted by Crippen LogP contribution is -2.09. The maximum Gasteiger partial charge on any atom is 0.248 e. The Hall–Kier alpha value is -1.61. The standard InChI is InChI=1S/C14H19NO2/c1-3-11(4-2)9-14(17)15-13-7-5-6-12(8-13)10-16/h5-9,16H,3-4,10H2,1-2H3,(H,15,17). The zero-order valence-electron chi connectivity index (χ0n) is 10.4. The number of nitrogens with one attached hydrogen (secondary N) is 1. The zero-order chi connectivity index (χ0) is 12.7. The molecule has 1 rings (SSSR count). The number of carbonyl (C=O) groups is 1. The average molecular weight is 233 g/mol. The van der Waals surface area contributed by atoms with Crippen LogP contribution in [0, 0.1) is 0 Å². The lowest BCUT2D eigenvalue weighted by Gasteiger charge is -2.05. The van der Waals surface area contributed by atoms with Crippen LogP contribution >= 0.6 is 0 Å². The van der Waals surface area contributed by atoms with Crippen LogP contribution in [0.15, 0.2) is 35.9 Å². The van der Waals surface area contributed by atoms with E-state index in [-0.39, 0.29) is 12.5 Å². The van der Waals surface area contributed by atoms with Crippen LogP contribution in [0.1, 0.15) is 32.3 Å². The fourth-order valence-corrected chi connectivity index (χ4v) is 1.57. The summed E-state index contributed by atoms with van der Waals surface area (Å²) in [6.45, 7) is 4.05. The van der Waals surface area contributed by atoms with Gasteiger partial charge in [0.05, 0.1) is 6.61 Å². The van der Waals surface area contributed by atoms with Crippen molar-refractivity contribution < 1.29 is 9.90 Å². The van der Waals surface area contributed by atoms with Crippen molar-refractivity contribution >= 4 is 11.6 Å². The van der Waals surface area contributed by atoms with E-state index in [1.165, 1.54) is 0 Å². The molecule has 0 spiro atoms. The second-order valence-electron chi connectivity index (χ2n) is 3.86. The molecule has 0 aromatic heterocycles. The molecule has 0 fully saturated rings. The smallest absolute Gasteiger partial charge is 0.248 e. The molecule has 0 aliphatic rings. The van der Waals surface area contributed by atoms with E-state index in [2.05, 4.69) is 5.32 Å². The topological polar surface area (TPSA) is 49.3 Å². The third kappa shape index (κ3) is 4.41. The summed E-state index contributed by atoms with van der Waals surface area (Å²) in [7, 11) is 0. The highest BCUT2D eigenvalue weighted by atomic mass is 16.3. The van der Waals surface area contributed by atoms with Gasteiger partial charge in [0.1, 0.15) is 0 Å². The summed E-state index contributed by atoms with van der Waals surface area (Å²) in [5.74, 6) is -0.112. The molecule has 0 aliphatic heterocycles. The number of rotatable bonds is 5. The SMILES string of the molecule is CCC(=CC(=O)Nc1cccc(CO)c1)CC. The first kappa shape index (κ1) is 13.5. The molecule has 3 nitrogen and oxygen atoms in total. The van der Waals surface area contributed by atoms with Crippen molar-refractivity contribution in [3.05, 3.63) is 41.5 Å². The van der Waals surface area contributed by atoms with Gasteiger partial charge in [-0.1, -0.05) is 31.6 Å². The number of aliphatic hydroxyl groups is 1. The van der Waals surface area contributed by atoms with Gasteiger partial charge in [0.2, 0.25) is 5.91 Å². The zero-order valence-corrected chi connectivity index (χ0v) is 10.4. The summed E-state index contributed by atoms with van der Waals surface area (Å²) in [5, 5.41) is 11.8. The highest BCUT2D eigenvalue weighted by Gasteiger charge is 2.01. The second-order valence-corrected chi connectivity index (χ2v) is 3.86. The minimum absolute atomic E-state index is 0.0191. The highest BCUT2D eigenvalue weighted by Crippen LogP contribution is 2.11. The molecular formula is C14H19NO2. The van der Waals surface area contributed by atoms with Gasteiger partial charge < -0.3 is 10.4 Å². The van der Waals surface area contributed by atoms with Crippen LogP contribution in [-0.2, 0) is 11.4 Å². The summed E-state index contributed by atoms with van der Waals surface area (Å²) in [6.07, 6.45) is 3.42. The summed E-state index contributed by atoms with van der Waals surface area (Å²) >= 11 is 0. The van der Waals surface area contributed by atoms with Crippen molar-refractivity contribution in [1.29, 1.82) is 0 Å². The average Bonchev–Trinajstić information content (AvgIpc) is 2.36. The van der Waals surface area contributed by atoms with E-state index >= 15 is 0 Å². The molecule has 2 N–H and O–H groups in total. The van der Waals surface area contributed by atoms with E-state index in [0.717, 1.165) is 24.0 Å². The summed E-state index contributed by atoms with van der Waals surface area (Å²) in [4.78, 5) is 11.7. The lowest BCUT2D eigenvalue weighted by molar-refractivity contribution is -0.112. The third-order valence-electron chi connectivity index (χ3n) is 2.62. The Morgan fingerprint density at radius 2 is 2.06 bits per heavy atom. The van der Waals surface area contributed by atoms with Crippen LogP contribution in [0.4, 0.5) is 5.69 Å². The third-order valence-corrected chi connectivity index (χ3v) is 2.62. The maximum atomic E-state index is 11.7. The molecule has 0 aliphatic carbocycles. The van der Waals surface area contributed by atoms with Gasteiger partial charge in [-0.05, 0) is 30.5 Å². The number of hydrogen-bond donors (Lipinski definition) is 2. The Morgan fingerprint density at radius 1 is 1.35 bits per heavy atom. The molecular weight excluding hydrogens is 214 g/mol. The maximum absolute atomic E-state index is 11.7. The normalized spacial score (nSPS) is 9.82. The van der Waals surface area contributed by atoms with E-state index in [1.54, 1.807) is 12.1 Å². The summed E-state index contributed by atoms with van der Waals surface area (Å²) in [5.41, 5.74) is 2.63. The minimum atomic E-state index is -0.112. The van der Waals surface area contributed by atoms with E-state index < -0.39 is 0 Å². The van der Waals surface area contributed by atoms with Crippen molar-refractivity contribution in [2.45, 2.75) is 33.3 Å². The number of allylic oxidation sites excluding steroid dienone is 1. The predicted octanol–water partition coefficient (Wildman–Crippen LogP) is 2.86. The van der Waals surface area contributed by atoms with Gasteiger partial charge in [0, 0.05) is 11.8 Å². The van der Waals surface area contributed by atoms with Gasteiger partial charge in [-0.3, -0.25) is 4.79 Å². The van der Waals surface area contributed by atoms with Crippen molar-refractivity contribution in [2.24, 2.45) is 0 Å². The molecule has 0 radical (unpaired) electrons. The van der Waals surface area contributed by atoms with Crippen LogP contribution in [0.2, 0.25) is 0 Å². The summed E-state index contributed by atoms with van der Waals surface area (Å²) < 4.78 is 0. The van der Waals surface area contributed by atoms with Crippen molar-refractivity contribution in [1.82, 2.24) is 0 Å². The molecule has 0 bridgehead atoms. The van der Waals surface area contributed by atoms with Crippen molar-refractivity contribution in [3.8, 4) is 0 Å². The molecule has 3 heteroatoms. The van der Waals surface area contributed by atoms with Gasteiger partial charge in [-0.25, -0.2) is 0 Å². The molecule has 1 aromatic rings. The van der Waals surface area contributed by atoms with Crippen LogP contribution in [0.25, 0.3) is 0 Å². The Morgan fingerprint density at radius 3 is 2.65 bits per heavy atom. The van der Waals surface area contributed by atoms with E-state index in [9.17, 15) is 4.79 Å². The molecule has 1 aromatic carbocycles. The van der Waals surface area contributed by atoms with Gasteiger partial charge in [-0.15, -0.1) is 0 Å². The molecule has 0 saturated carbocycles. The van der Waals surface area contributed by atoms with Gasteiger partial charge >= 0.3 is 0 Å².